The molecule has 6 heteroatoms. The molecule has 0 spiro atoms. The van der Waals surface area contributed by atoms with E-state index in [9.17, 15) is 4.79 Å². The summed E-state index contributed by atoms with van der Waals surface area (Å²) in [5.74, 6) is 2.44. The summed E-state index contributed by atoms with van der Waals surface area (Å²) in [5.41, 5.74) is 8.06. The average molecular weight is 317 g/mol. The standard InChI is InChI=1S/C18H15N5O/c1-3-13-5-4-6-14(9-13)12(2)23-8-7-16(22-23)17(24)15-10-20-11-21-18(15)19/h1,4-12H,2H3,(H2,19,20,21)/t12-/m0/s1. The topological polar surface area (TPSA) is 86.7 Å². The summed E-state index contributed by atoms with van der Waals surface area (Å²) in [7, 11) is 0. The fourth-order valence-electron chi connectivity index (χ4n) is 2.37. The van der Waals surface area contributed by atoms with E-state index in [0.29, 0.717) is 0 Å². The van der Waals surface area contributed by atoms with E-state index in [-0.39, 0.29) is 28.9 Å². The lowest BCUT2D eigenvalue weighted by Crippen LogP contribution is -2.11. The molecule has 3 aromatic rings. The van der Waals surface area contributed by atoms with Crippen LogP contribution >= 0.6 is 0 Å². The van der Waals surface area contributed by atoms with Crippen LogP contribution in [0, 0.1) is 12.3 Å². The molecule has 0 unspecified atom stereocenters. The van der Waals surface area contributed by atoms with Gasteiger partial charge in [-0.05, 0) is 30.7 Å². The summed E-state index contributed by atoms with van der Waals surface area (Å²) in [5, 5.41) is 4.36. The van der Waals surface area contributed by atoms with Gasteiger partial charge in [0.1, 0.15) is 17.8 Å². The number of anilines is 1. The molecule has 24 heavy (non-hydrogen) atoms. The maximum absolute atomic E-state index is 12.5. The number of aromatic nitrogens is 4. The lowest BCUT2D eigenvalue weighted by atomic mass is 10.1. The molecule has 0 saturated carbocycles. The Morgan fingerprint density at radius 1 is 1.38 bits per heavy atom. The van der Waals surface area contributed by atoms with Crippen molar-refractivity contribution < 1.29 is 4.79 Å². The van der Waals surface area contributed by atoms with Crippen LogP contribution in [0.2, 0.25) is 0 Å². The van der Waals surface area contributed by atoms with Gasteiger partial charge < -0.3 is 5.73 Å². The van der Waals surface area contributed by atoms with Crippen LogP contribution in [0.1, 0.15) is 40.1 Å². The maximum atomic E-state index is 12.5. The Kier molecular flexibility index (Phi) is 4.08. The lowest BCUT2D eigenvalue weighted by molar-refractivity contribution is 0.103. The molecule has 0 aliphatic heterocycles. The zero-order valence-electron chi connectivity index (χ0n) is 13.0. The zero-order chi connectivity index (χ0) is 17.1. The Labute approximate surface area is 139 Å². The summed E-state index contributed by atoms with van der Waals surface area (Å²) < 4.78 is 1.71. The predicted octanol–water partition coefficient (Wildman–Crippen LogP) is 2.08. The molecule has 3 rings (SSSR count). The number of carbonyl (C=O) groups is 1. The highest BCUT2D eigenvalue weighted by atomic mass is 16.1. The van der Waals surface area contributed by atoms with Crippen molar-refractivity contribution in [3.8, 4) is 12.3 Å². The summed E-state index contributed by atoms with van der Waals surface area (Å²) >= 11 is 0. The SMILES string of the molecule is C#Cc1cccc([C@H](C)n2ccc(C(=O)c3cncnc3N)n2)c1. The number of rotatable bonds is 4. The summed E-state index contributed by atoms with van der Waals surface area (Å²) in [4.78, 5) is 20.1. The Bertz CT molecular complexity index is 938. The molecule has 0 fully saturated rings. The van der Waals surface area contributed by atoms with Gasteiger partial charge in [0.2, 0.25) is 5.78 Å². The first-order chi connectivity index (χ1) is 11.6. The van der Waals surface area contributed by atoms with Crippen molar-refractivity contribution in [2.75, 3.05) is 5.73 Å². The van der Waals surface area contributed by atoms with Crippen LogP contribution in [0.25, 0.3) is 0 Å². The van der Waals surface area contributed by atoms with Crippen LogP contribution in [-0.2, 0) is 0 Å². The van der Waals surface area contributed by atoms with Crippen LogP contribution in [0.5, 0.6) is 0 Å². The number of hydrogen-bond acceptors (Lipinski definition) is 5. The van der Waals surface area contributed by atoms with Gasteiger partial charge in [0.05, 0.1) is 11.6 Å². The van der Waals surface area contributed by atoms with Gasteiger partial charge in [0.25, 0.3) is 0 Å². The van der Waals surface area contributed by atoms with Crippen LogP contribution < -0.4 is 5.73 Å². The summed E-state index contributed by atoms with van der Waals surface area (Å²) in [6, 6.07) is 9.25. The number of terminal acetylenes is 1. The highest BCUT2D eigenvalue weighted by Gasteiger charge is 2.18. The number of nitrogen functional groups attached to an aromatic ring is 1. The molecule has 1 atom stereocenters. The van der Waals surface area contributed by atoms with E-state index >= 15 is 0 Å². The van der Waals surface area contributed by atoms with Gasteiger partial charge in [-0.25, -0.2) is 9.97 Å². The van der Waals surface area contributed by atoms with Crippen LogP contribution in [-0.4, -0.2) is 25.5 Å². The van der Waals surface area contributed by atoms with Gasteiger partial charge >= 0.3 is 0 Å². The third-order valence-corrected chi connectivity index (χ3v) is 3.76. The van der Waals surface area contributed by atoms with E-state index in [0.717, 1.165) is 11.1 Å². The van der Waals surface area contributed by atoms with E-state index in [4.69, 9.17) is 12.2 Å². The first-order valence-electron chi connectivity index (χ1n) is 7.32. The van der Waals surface area contributed by atoms with Crippen molar-refractivity contribution >= 4 is 11.6 Å². The molecule has 0 saturated heterocycles. The van der Waals surface area contributed by atoms with E-state index < -0.39 is 0 Å². The molecule has 2 heterocycles. The third-order valence-electron chi connectivity index (χ3n) is 3.76. The van der Waals surface area contributed by atoms with Gasteiger partial charge in [0.15, 0.2) is 0 Å². The normalized spacial score (nSPS) is 11.7. The van der Waals surface area contributed by atoms with Crippen molar-refractivity contribution in [1.29, 1.82) is 0 Å². The minimum atomic E-state index is -0.309. The van der Waals surface area contributed by atoms with Gasteiger partial charge in [0, 0.05) is 18.0 Å². The van der Waals surface area contributed by atoms with E-state index in [1.165, 1.54) is 12.5 Å². The molecule has 2 aromatic heterocycles. The number of hydrogen-bond donors (Lipinski definition) is 1. The molecule has 0 radical (unpaired) electrons. The highest BCUT2D eigenvalue weighted by molar-refractivity contribution is 6.10. The number of carbonyl (C=O) groups excluding carboxylic acids is 1. The third kappa shape index (κ3) is 2.88. The first kappa shape index (κ1) is 15.4. The number of ketones is 1. The molecular weight excluding hydrogens is 302 g/mol. The fraction of sp³-hybridized carbons (Fsp3) is 0.111. The van der Waals surface area contributed by atoms with Crippen LogP contribution in [0.4, 0.5) is 5.82 Å². The minimum Gasteiger partial charge on any atom is -0.383 e. The smallest absolute Gasteiger partial charge is 0.218 e. The molecule has 0 aliphatic rings. The molecule has 0 amide bonds. The molecule has 0 bridgehead atoms. The number of benzene rings is 1. The lowest BCUT2D eigenvalue weighted by Gasteiger charge is -2.13. The minimum absolute atomic E-state index is 0.0655. The van der Waals surface area contributed by atoms with Crippen molar-refractivity contribution in [3.63, 3.8) is 0 Å². The van der Waals surface area contributed by atoms with Gasteiger partial charge in [-0.3, -0.25) is 9.48 Å². The fourth-order valence-corrected chi connectivity index (χ4v) is 2.37. The second kappa shape index (κ2) is 6.34. The maximum Gasteiger partial charge on any atom is 0.218 e. The molecule has 0 aliphatic carbocycles. The Morgan fingerprint density at radius 3 is 2.96 bits per heavy atom. The van der Waals surface area contributed by atoms with Crippen LogP contribution in [0.3, 0.4) is 0 Å². The van der Waals surface area contributed by atoms with Crippen molar-refractivity contribution in [2.24, 2.45) is 0 Å². The Balaban J connectivity index is 1.89. The van der Waals surface area contributed by atoms with Crippen molar-refractivity contribution in [1.82, 2.24) is 19.7 Å². The predicted molar refractivity (Wildman–Crippen MR) is 90.3 cm³/mol. The Morgan fingerprint density at radius 2 is 2.21 bits per heavy atom. The van der Waals surface area contributed by atoms with Gasteiger partial charge in [-0.15, -0.1) is 6.42 Å². The van der Waals surface area contributed by atoms with Crippen molar-refractivity contribution in [2.45, 2.75) is 13.0 Å². The highest BCUT2D eigenvalue weighted by Crippen LogP contribution is 2.19. The molecule has 2 N–H and O–H groups in total. The second-order valence-corrected chi connectivity index (χ2v) is 5.28. The monoisotopic (exact) mass is 317 g/mol. The molecule has 1 aromatic carbocycles. The summed E-state index contributed by atoms with van der Waals surface area (Å²) in [6.45, 7) is 1.98. The van der Waals surface area contributed by atoms with Gasteiger partial charge in [-0.2, -0.15) is 5.10 Å². The van der Waals surface area contributed by atoms with Crippen LogP contribution in [0.15, 0.2) is 49.1 Å². The van der Waals surface area contributed by atoms with Crippen molar-refractivity contribution in [3.05, 3.63) is 71.4 Å². The zero-order valence-corrected chi connectivity index (χ0v) is 13.0. The quantitative estimate of drug-likeness (QED) is 0.588. The second-order valence-electron chi connectivity index (χ2n) is 5.28. The molecule has 118 valence electrons. The number of nitrogens with two attached hydrogens (primary N) is 1. The Hall–Kier alpha value is -3.46. The largest absolute Gasteiger partial charge is 0.383 e. The van der Waals surface area contributed by atoms with E-state index in [1.54, 1.807) is 16.9 Å². The van der Waals surface area contributed by atoms with Gasteiger partial charge in [-0.1, -0.05) is 18.1 Å². The molecule has 6 nitrogen and oxygen atoms in total. The summed E-state index contributed by atoms with van der Waals surface area (Å²) in [6.07, 6.45) is 9.88. The van der Waals surface area contributed by atoms with E-state index in [1.807, 2.05) is 31.2 Å². The average Bonchev–Trinajstić information content (AvgIpc) is 3.11. The number of nitrogens with zero attached hydrogens (tertiary/aromatic N) is 4. The van der Waals surface area contributed by atoms with E-state index in [2.05, 4.69) is 21.0 Å². The molecular formula is C18H15N5O. The first-order valence-corrected chi connectivity index (χ1v) is 7.32.